The molecule has 4 aromatic rings. The number of aromatic nitrogens is 1. The van der Waals surface area contributed by atoms with Crippen LogP contribution in [0.4, 0.5) is 5.82 Å². The van der Waals surface area contributed by atoms with Crippen LogP contribution in [-0.4, -0.2) is 55.6 Å². The molecule has 0 spiro atoms. The summed E-state index contributed by atoms with van der Waals surface area (Å²) in [5.41, 5.74) is 10.0. The predicted molar refractivity (Wildman–Crippen MR) is 169 cm³/mol. The summed E-state index contributed by atoms with van der Waals surface area (Å²) in [4.78, 5) is 32.5. The van der Waals surface area contributed by atoms with Gasteiger partial charge < -0.3 is 34.9 Å². The van der Waals surface area contributed by atoms with Gasteiger partial charge in [0.25, 0.3) is 5.91 Å². The van der Waals surface area contributed by atoms with Crippen molar-refractivity contribution in [1.82, 2.24) is 15.2 Å². The van der Waals surface area contributed by atoms with Crippen LogP contribution in [0.15, 0.2) is 72.9 Å². The first kappa shape index (κ1) is 29.8. The molecule has 3 aromatic carbocycles. The number of anilines is 1. The summed E-state index contributed by atoms with van der Waals surface area (Å²) >= 11 is 0. The Hall–Kier alpha value is -5.25. The molecule has 3 N–H and O–H groups in total. The number of hydrogen-bond donors (Lipinski definition) is 2. The van der Waals surface area contributed by atoms with Gasteiger partial charge in [0.15, 0.2) is 23.0 Å². The molecule has 232 valence electrons. The van der Waals surface area contributed by atoms with E-state index in [2.05, 4.69) is 10.3 Å². The van der Waals surface area contributed by atoms with E-state index in [1.807, 2.05) is 59.5 Å². The molecule has 0 fully saturated rings. The molecule has 1 unspecified atom stereocenters. The first-order valence-electron chi connectivity index (χ1n) is 15.0. The van der Waals surface area contributed by atoms with Crippen LogP contribution in [0.25, 0.3) is 0 Å². The number of nitrogen functional groups attached to an aromatic ring is 1. The Morgan fingerprint density at radius 2 is 1.84 bits per heavy atom. The van der Waals surface area contributed by atoms with Crippen LogP contribution in [0.2, 0.25) is 0 Å². The summed E-state index contributed by atoms with van der Waals surface area (Å²) in [5, 5.41) is 2.97. The first-order valence-corrected chi connectivity index (χ1v) is 15.0. The number of rotatable bonds is 3. The highest BCUT2D eigenvalue weighted by molar-refractivity contribution is 5.95. The van der Waals surface area contributed by atoms with E-state index in [0.717, 1.165) is 22.3 Å². The molecule has 0 saturated carbocycles. The van der Waals surface area contributed by atoms with Gasteiger partial charge in [-0.1, -0.05) is 18.2 Å². The van der Waals surface area contributed by atoms with E-state index in [4.69, 9.17) is 24.7 Å². The quantitative estimate of drug-likeness (QED) is 0.330. The lowest BCUT2D eigenvalue weighted by Gasteiger charge is -2.38. The summed E-state index contributed by atoms with van der Waals surface area (Å²) < 4.78 is 24.0. The van der Waals surface area contributed by atoms with Crippen molar-refractivity contribution < 1.29 is 28.5 Å². The summed E-state index contributed by atoms with van der Waals surface area (Å²) in [6.07, 6.45) is 3.68. The van der Waals surface area contributed by atoms with E-state index in [1.54, 1.807) is 26.4 Å². The van der Waals surface area contributed by atoms with Gasteiger partial charge in [0, 0.05) is 25.7 Å². The fourth-order valence-electron chi connectivity index (χ4n) is 5.84. The fraction of sp³-hybridized carbons (Fsp3) is 0.286. The number of aryl methyl sites for hydroxylation is 1. The highest BCUT2D eigenvalue weighted by Gasteiger charge is 2.35. The Balaban J connectivity index is 1.47. The Morgan fingerprint density at radius 1 is 0.978 bits per heavy atom. The van der Waals surface area contributed by atoms with Crippen molar-refractivity contribution in [2.45, 2.75) is 31.7 Å². The number of fused-ring (bicyclic) bond motifs is 8. The number of ether oxygens (including phenoxy) is 4. The molecule has 2 amide bonds. The largest absolute Gasteiger partial charge is 0.493 e. The molecule has 1 atom stereocenters. The van der Waals surface area contributed by atoms with Gasteiger partial charge in [0.05, 0.1) is 32.4 Å². The molecule has 10 heteroatoms. The van der Waals surface area contributed by atoms with Gasteiger partial charge in [-0.05, 0) is 90.0 Å². The molecule has 0 aliphatic carbocycles. The van der Waals surface area contributed by atoms with Crippen molar-refractivity contribution in [3.63, 3.8) is 0 Å². The van der Waals surface area contributed by atoms with Crippen LogP contribution >= 0.6 is 0 Å². The summed E-state index contributed by atoms with van der Waals surface area (Å²) in [5.74, 6) is 3.03. The summed E-state index contributed by atoms with van der Waals surface area (Å²) in [6.45, 7) is 1.32. The topological polar surface area (TPSA) is 125 Å². The second kappa shape index (κ2) is 13.2. The molecular formula is C35H36N4O6. The average Bonchev–Trinajstić information content (AvgIpc) is 3.06. The molecule has 3 aliphatic rings. The number of pyridine rings is 1. The third kappa shape index (κ3) is 6.50. The minimum atomic E-state index is -0.469. The zero-order valence-corrected chi connectivity index (χ0v) is 25.4. The van der Waals surface area contributed by atoms with Gasteiger partial charge >= 0.3 is 0 Å². The van der Waals surface area contributed by atoms with E-state index < -0.39 is 6.04 Å². The Morgan fingerprint density at radius 3 is 2.64 bits per heavy atom. The van der Waals surface area contributed by atoms with Gasteiger partial charge in [-0.15, -0.1) is 0 Å². The third-order valence-electron chi connectivity index (χ3n) is 8.12. The number of amides is 2. The van der Waals surface area contributed by atoms with E-state index in [9.17, 15) is 9.59 Å². The maximum absolute atomic E-state index is 14.0. The molecule has 3 aliphatic heterocycles. The summed E-state index contributed by atoms with van der Waals surface area (Å²) in [6, 6.07) is 20.2. The maximum atomic E-state index is 14.0. The van der Waals surface area contributed by atoms with Crippen LogP contribution in [0.5, 0.6) is 28.7 Å². The predicted octanol–water partition coefficient (Wildman–Crippen LogP) is 5.09. The van der Waals surface area contributed by atoms with Gasteiger partial charge in [-0.2, -0.15) is 0 Å². The number of nitrogens with zero attached hydrogens (tertiary/aromatic N) is 2. The monoisotopic (exact) mass is 608 g/mol. The lowest BCUT2D eigenvalue weighted by Crippen LogP contribution is -2.40. The minimum absolute atomic E-state index is 0.0248. The number of methoxy groups -OCH3 is 2. The molecule has 4 heterocycles. The number of carbonyl (C=O) groups is 2. The van der Waals surface area contributed by atoms with Crippen molar-refractivity contribution in [1.29, 1.82) is 0 Å². The third-order valence-corrected chi connectivity index (χ3v) is 8.12. The molecule has 10 nitrogen and oxygen atoms in total. The molecule has 7 rings (SSSR count). The molecule has 8 bridgehead atoms. The van der Waals surface area contributed by atoms with Crippen molar-refractivity contribution in [3.05, 3.63) is 101 Å². The minimum Gasteiger partial charge on any atom is -0.493 e. The van der Waals surface area contributed by atoms with E-state index in [-0.39, 0.29) is 11.8 Å². The number of benzene rings is 3. The molecule has 0 saturated heterocycles. The highest BCUT2D eigenvalue weighted by atomic mass is 16.5. The lowest BCUT2D eigenvalue weighted by molar-refractivity contribution is -0.121. The van der Waals surface area contributed by atoms with E-state index in [0.29, 0.717) is 85.5 Å². The first-order chi connectivity index (χ1) is 21.9. The fourth-order valence-corrected chi connectivity index (χ4v) is 5.84. The lowest BCUT2D eigenvalue weighted by atomic mass is 9.87. The van der Waals surface area contributed by atoms with Gasteiger partial charge in [0.2, 0.25) is 5.91 Å². The van der Waals surface area contributed by atoms with Crippen molar-refractivity contribution in [2.24, 2.45) is 0 Å². The highest BCUT2D eigenvalue weighted by Crippen LogP contribution is 2.44. The Bertz CT molecular complexity index is 1710. The normalized spacial score (nSPS) is 16.5. The number of nitrogens with one attached hydrogen (secondary N) is 1. The zero-order chi connectivity index (χ0) is 31.3. The second-order valence-electron chi connectivity index (χ2n) is 11.0. The van der Waals surface area contributed by atoms with Crippen molar-refractivity contribution >= 4 is 17.6 Å². The van der Waals surface area contributed by atoms with Gasteiger partial charge in [-0.3, -0.25) is 9.59 Å². The van der Waals surface area contributed by atoms with E-state index in [1.165, 1.54) is 6.20 Å². The zero-order valence-electron chi connectivity index (χ0n) is 25.4. The van der Waals surface area contributed by atoms with Crippen molar-refractivity contribution in [3.8, 4) is 28.7 Å². The van der Waals surface area contributed by atoms with Crippen LogP contribution in [-0.2, 0) is 17.6 Å². The molecule has 45 heavy (non-hydrogen) atoms. The standard InChI is InChI=1S/C35H36N4O6/c1-42-28-10-8-24-19-30(28)44-16-4-14-37-33(40)12-7-22-5-3-6-26(17-22)45-31-18-23-13-15-39(34(24)27(23)20-29(31)43-2)35(41)25-9-11-32(36)38-21-25/h3,5-6,8-11,17-21,34H,4,7,12-16H2,1-2H3,(H2,36,38)(H,37,40). The van der Waals surface area contributed by atoms with Crippen LogP contribution in [0.1, 0.15) is 51.5 Å². The maximum Gasteiger partial charge on any atom is 0.256 e. The van der Waals surface area contributed by atoms with Gasteiger partial charge in [-0.25, -0.2) is 4.98 Å². The van der Waals surface area contributed by atoms with Crippen LogP contribution in [0.3, 0.4) is 0 Å². The molecular weight excluding hydrogens is 572 g/mol. The number of hydrogen-bond acceptors (Lipinski definition) is 8. The molecule has 0 radical (unpaired) electrons. The Labute approximate surface area is 262 Å². The number of carbonyl (C=O) groups excluding carboxylic acids is 2. The molecule has 1 aromatic heterocycles. The average molecular weight is 609 g/mol. The smallest absolute Gasteiger partial charge is 0.256 e. The summed E-state index contributed by atoms with van der Waals surface area (Å²) in [7, 11) is 3.19. The van der Waals surface area contributed by atoms with Gasteiger partial charge in [0.1, 0.15) is 11.6 Å². The SMILES string of the molecule is COc1ccc2cc1OCCCNC(=O)CCc1cccc(c1)Oc1cc3c(cc1OC)C2N(C(=O)c1ccc(N)nc1)CC3. The van der Waals surface area contributed by atoms with Crippen LogP contribution in [0, 0.1) is 0 Å². The Kier molecular flexibility index (Phi) is 8.72. The second-order valence-corrected chi connectivity index (χ2v) is 11.0. The van der Waals surface area contributed by atoms with Crippen LogP contribution < -0.4 is 30.0 Å². The van der Waals surface area contributed by atoms with Crippen molar-refractivity contribution in [2.75, 3.05) is 39.6 Å². The van der Waals surface area contributed by atoms with E-state index >= 15 is 0 Å². The number of nitrogens with two attached hydrogens (primary N) is 1.